The van der Waals surface area contributed by atoms with Crippen molar-refractivity contribution >= 4 is 11.4 Å². The van der Waals surface area contributed by atoms with Gasteiger partial charge >= 0.3 is 0 Å². The first-order valence-corrected chi connectivity index (χ1v) is 8.61. The predicted molar refractivity (Wildman–Crippen MR) is 96.0 cm³/mol. The molecule has 0 atom stereocenters. The maximum absolute atomic E-state index is 13.8. The third-order valence-corrected chi connectivity index (χ3v) is 4.63. The molecule has 0 aliphatic carbocycles. The average molecular weight is 378 g/mol. The molecule has 0 spiro atoms. The Kier molecular flexibility index (Phi) is 5.85. The van der Waals surface area contributed by atoms with Crippen LogP contribution in [0.2, 0.25) is 0 Å². The Hall–Kier alpha value is -2.74. The third-order valence-electron chi connectivity index (χ3n) is 4.63. The first-order valence-electron chi connectivity index (χ1n) is 8.61. The van der Waals surface area contributed by atoms with Crippen LogP contribution in [0.1, 0.15) is 18.4 Å². The maximum Gasteiger partial charge on any atom is 0.295 e. The number of halogens is 2. The lowest BCUT2D eigenvalue weighted by Gasteiger charge is -2.33. The van der Waals surface area contributed by atoms with Crippen LogP contribution in [0.3, 0.4) is 0 Å². The van der Waals surface area contributed by atoms with E-state index in [9.17, 15) is 18.9 Å². The van der Waals surface area contributed by atoms with E-state index in [1.807, 2.05) is 4.90 Å². The highest BCUT2D eigenvalue weighted by molar-refractivity contribution is 5.66. The lowest BCUT2D eigenvalue weighted by molar-refractivity contribution is -0.384. The van der Waals surface area contributed by atoms with Gasteiger partial charge in [0.25, 0.3) is 5.69 Å². The van der Waals surface area contributed by atoms with E-state index in [-0.39, 0.29) is 23.4 Å². The van der Waals surface area contributed by atoms with Crippen molar-refractivity contribution < 1.29 is 23.2 Å². The largest absolute Gasteiger partial charge is 0.494 e. The number of nitrogens with zero attached hydrogens (tertiary/aromatic N) is 2. The van der Waals surface area contributed by atoms with E-state index >= 15 is 0 Å². The van der Waals surface area contributed by atoms with Crippen LogP contribution in [0, 0.1) is 21.7 Å². The highest BCUT2D eigenvalue weighted by Gasteiger charge is 2.27. The normalized spacial score (nSPS) is 15.0. The van der Waals surface area contributed by atoms with Crippen molar-refractivity contribution in [3.8, 4) is 5.75 Å². The third kappa shape index (κ3) is 4.51. The molecule has 1 aliphatic rings. The summed E-state index contributed by atoms with van der Waals surface area (Å²) in [6.07, 6.45) is 1.36. The van der Waals surface area contributed by atoms with E-state index in [1.54, 1.807) is 12.1 Å². The number of hydrogen-bond acceptors (Lipinski definition) is 5. The Bertz CT molecular complexity index is 806. The van der Waals surface area contributed by atoms with Gasteiger partial charge in [-0.05, 0) is 30.5 Å². The van der Waals surface area contributed by atoms with Gasteiger partial charge in [0, 0.05) is 19.2 Å². The number of nitro groups is 1. The summed E-state index contributed by atoms with van der Waals surface area (Å²) in [5.74, 6) is -1.07. The summed E-state index contributed by atoms with van der Waals surface area (Å²) >= 11 is 0. The van der Waals surface area contributed by atoms with Crippen molar-refractivity contribution in [3.63, 3.8) is 0 Å². The second kappa shape index (κ2) is 8.30. The molecule has 0 amide bonds. The molecular weight excluding hydrogens is 358 g/mol. The fourth-order valence-corrected chi connectivity index (χ4v) is 3.15. The molecule has 27 heavy (non-hydrogen) atoms. The summed E-state index contributed by atoms with van der Waals surface area (Å²) in [6.45, 7) is 1.48. The Morgan fingerprint density at radius 3 is 2.44 bits per heavy atom. The number of nitro benzene ring substituents is 1. The van der Waals surface area contributed by atoms with E-state index in [2.05, 4.69) is 0 Å². The van der Waals surface area contributed by atoms with Crippen LogP contribution in [0.5, 0.6) is 5.75 Å². The number of hydrogen-bond donors (Lipinski definition) is 0. The SMILES string of the molecule is COc1cc(N2CCC(OCc3ccc(F)cc3)CC2)c([N+](=O)[O-])cc1F. The van der Waals surface area contributed by atoms with E-state index in [4.69, 9.17) is 9.47 Å². The summed E-state index contributed by atoms with van der Waals surface area (Å²) in [5.41, 5.74) is 0.951. The minimum atomic E-state index is -0.759. The summed E-state index contributed by atoms with van der Waals surface area (Å²) in [6, 6.07) is 8.40. The predicted octanol–water partition coefficient (Wildman–Crippen LogP) is 4.07. The van der Waals surface area contributed by atoms with Gasteiger partial charge in [-0.2, -0.15) is 0 Å². The van der Waals surface area contributed by atoms with Crippen LogP contribution in [-0.4, -0.2) is 31.2 Å². The van der Waals surface area contributed by atoms with Gasteiger partial charge < -0.3 is 14.4 Å². The highest BCUT2D eigenvalue weighted by atomic mass is 19.1. The average Bonchev–Trinajstić information content (AvgIpc) is 2.67. The zero-order valence-corrected chi connectivity index (χ0v) is 14.9. The van der Waals surface area contributed by atoms with Crippen molar-refractivity contribution in [3.05, 3.63) is 63.7 Å². The minimum absolute atomic E-state index is 0.00713. The molecule has 0 N–H and O–H groups in total. The van der Waals surface area contributed by atoms with E-state index in [1.165, 1.54) is 25.3 Å². The summed E-state index contributed by atoms with van der Waals surface area (Å²) in [4.78, 5) is 12.5. The number of piperidine rings is 1. The van der Waals surface area contributed by atoms with Gasteiger partial charge in [-0.3, -0.25) is 10.1 Å². The quantitative estimate of drug-likeness (QED) is 0.560. The summed E-state index contributed by atoms with van der Waals surface area (Å²) < 4.78 is 37.6. The van der Waals surface area contributed by atoms with E-state index < -0.39 is 10.7 Å². The molecule has 2 aromatic carbocycles. The topological polar surface area (TPSA) is 64.8 Å². The minimum Gasteiger partial charge on any atom is -0.494 e. The summed E-state index contributed by atoms with van der Waals surface area (Å²) in [7, 11) is 1.32. The number of ether oxygens (including phenoxy) is 2. The van der Waals surface area contributed by atoms with Gasteiger partial charge in [-0.1, -0.05) is 12.1 Å². The van der Waals surface area contributed by atoms with Crippen LogP contribution in [0.15, 0.2) is 36.4 Å². The van der Waals surface area contributed by atoms with Gasteiger partial charge in [0.05, 0.1) is 30.8 Å². The van der Waals surface area contributed by atoms with Gasteiger partial charge in [0.15, 0.2) is 11.6 Å². The molecule has 0 aromatic heterocycles. The van der Waals surface area contributed by atoms with Gasteiger partial charge in [-0.15, -0.1) is 0 Å². The standard InChI is InChI=1S/C19H20F2N2O4/c1-26-19-11-17(18(23(24)25)10-16(19)21)22-8-6-15(7-9-22)27-12-13-2-4-14(20)5-3-13/h2-5,10-11,15H,6-9,12H2,1H3. The molecule has 1 aliphatic heterocycles. The first kappa shape index (κ1) is 19.0. The zero-order chi connectivity index (χ0) is 19.4. The lowest BCUT2D eigenvalue weighted by atomic mass is 10.1. The summed E-state index contributed by atoms with van der Waals surface area (Å²) in [5, 5.41) is 11.3. The van der Waals surface area contributed by atoms with Crippen molar-refractivity contribution in [1.82, 2.24) is 0 Å². The van der Waals surface area contributed by atoms with Crippen molar-refractivity contribution in [2.75, 3.05) is 25.1 Å². The molecule has 6 nitrogen and oxygen atoms in total. The molecule has 0 radical (unpaired) electrons. The number of anilines is 1. The van der Waals surface area contributed by atoms with Crippen molar-refractivity contribution in [2.24, 2.45) is 0 Å². The van der Waals surface area contributed by atoms with Crippen molar-refractivity contribution in [1.29, 1.82) is 0 Å². The van der Waals surface area contributed by atoms with Crippen LogP contribution in [0.4, 0.5) is 20.2 Å². The lowest BCUT2D eigenvalue weighted by Crippen LogP contribution is -2.37. The van der Waals surface area contributed by atoms with Gasteiger partial charge in [-0.25, -0.2) is 8.78 Å². The maximum atomic E-state index is 13.8. The monoisotopic (exact) mass is 378 g/mol. The Morgan fingerprint density at radius 1 is 1.19 bits per heavy atom. The number of methoxy groups -OCH3 is 1. The first-order chi connectivity index (χ1) is 13.0. The van der Waals surface area contributed by atoms with Gasteiger partial charge in [0.1, 0.15) is 11.5 Å². The van der Waals surface area contributed by atoms with Gasteiger partial charge in [0.2, 0.25) is 0 Å². The molecule has 1 fully saturated rings. The molecule has 144 valence electrons. The molecular formula is C19H20F2N2O4. The van der Waals surface area contributed by atoms with E-state index in [0.29, 0.717) is 38.2 Å². The Labute approximate surface area is 155 Å². The van der Waals surface area contributed by atoms with E-state index in [0.717, 1.165) is 11.6 Å². The fourth-order valence-electron chi connectivity index (χ4n) is 3.15. The van der Waals surface area contributed by atoms with Crippen LogP contribution >= 0.6 is 0 Å². The smallest absolute Gasteiger partial charge is 0.295 e. The molecule has 8 heteroatoms. The second-order valence-corrected chi connectivity index (χ2v) is 6.36. The Balaban J connectivity index is 1.63. The van der Waals surface area contributed by atoms with Crippen LogP contribution in [-0.2, 0) is 11.3 Å². The molecule has 0 bridgehead atoms. The van der Waals surface area contributed by atoms with Crippen molar-refractivity contribution in [2.45, 2.75) is 25.6 Å². The van der Waals surface area contributed by atoms with Crippen LogP contribution in [0.25, 0.3) is 0 Å². The molecule has 2 aromatic rings. The molecule has 0 unspecified atom stereocenters. The highest BCUT2D eigenvalue weighted by Crippen LogP contribution is 2.36. The fraction of sp³-hybridized carbons (Fsp3) is 0.368. The number of rotatable bonds is 6. The van der Waals surface area contributed by atoms with Crippen LogP contribution < -0.4 is 9.64 Å². The molecule has 3 rings (SSSR count). The molecule has 1 saturated heterocycles. The molecule has 0 saturated carbocycles. The molecule has 1 heterocycles. The Morgan fingerprint density at radius 2 is 1.85 bits per heavy atom. The second-order valence-electron chi connectivity index (χ2n) is 6.36. The number of benzene rings is 2. The zero-order valence-electron chi connectivity index (χ0n) is 14.9.